The van der Waals surface area contributed by atoms with Gasteiger partial charge in [0.1, 0.15) is 16.8 Å². The second kappa shape index (κ2) is 7.10. The zero-order valence-electron chi connectivity index (χ0n) is 13.6. The van der Waals surface area contributed by atoms with Crippen molar-refractivity contribution in [2.45, 2.75) is 19.1 Å². The van der Waals surface area contributed by atoms with E-state index < -0.39 is 22.6 Å². The average Bonchev–Trinajstić information content (AvgIpc) is 3.07. The number of hydrogen-bond donors (Lipinski definition) is 2. The summed E-state index contributed by atoms with van der Waals surface area (Å²) in [5, 5.41) is 6.35. The fourth-order valence-electron chi connectivity index (χ4n) is 2.31. The van der Waals surface area contributed by atoms with Crippen LogP contribution in [0, 0.1) is 11.6 Å². The molecule has 1 aromatic carbocycles. The standard InChI is InChI=1S/C17H16F2N4OS/c1-10(2)25(24)23-14-4-3-13(18)15(16(14)19)17-12(9-21-22-17)11-5-7-20-8-6-11/h3-10,23H,1-2H3,(H,21,22). The first-order valence-corrected chi connectivity index (χ1v) is 8.79. The second-order valence-corrected chi connectivity index (χ2v) is 7.37. The zero-order chi connectivity index (χ0) is 18.0. The molecule has 1 unspecified atom stereocenters. The quantitative estimate of drug-likeness (QED) is 0.723. The molecule has 0 aliphatic heterocycles. The van der Waals surface area contributed by atoms with Crippen molar-refractivity contribution in [3.63, 3.8) is 0 Å². The summed E-state index contributed by atoms with van der Waals surface area (Å²) >= 11 is 0. The molecule has 25 heavy (non-hydrogen) atoms. The Morgan fingerprint density at radius 2 is 1.88 bits per heavy atom. The molecule has 0 aliphatic carbocycles. The van der Waals surface area contributed by atoms with Crippen molar-refractivity contribution in [3.8, 4) is 22.4 Å². The van der Waals surface area contributed by atoms with Gasteiger partial charge in [-0.05, 0) is 43.7 Å². The molecule has 0 fully saturated rings. The lowest BCUT2D eigenvalue weighted by atomic mass is 10.0. The van der Waals surface area contributed by atoms with Crippen LogP contribution in [0.25, 0.3) is 22.4 Å². The first kappa shape index (κ1) is 17.2. The van der Waals surface area contributed by atoms with Gasteiger partial charge in [0, 0.05) is 23.2 Å². The molecule has 0 amide bonds. The van der Waals surface area contributed by atoms with E-state index in [1.165, 1.54) is 12.3 Å². The van der Waals surface area contributed by atoms with Crippen LogP contribution in [-0.2, 0) is 11.0 Å². The molecule has 0 saturated carbocycles. The van der Waals surface area contributed by atoms with E-state index in [1.807, 2.05) is 0 Å². The van der Waals surface area contributed by atoms with E-state index in [0.717, 1.165) is 11.6 Å². The highest BCUT2D eigenvalue weighted by Gasteiger charge is 2.21. The number of rotatable bonds is 5. The third-order valence-corrected chi connectivity index (χ3v) is 4.89. The van der Waals surface area contributed by atoms with Crippen LogP contribution in [0.4, 0.5) is 14.5 Å². The summed E-state index contributed by atoms with van der Waals surface area (Å²) < 4.78 is 43.8. The largest absolute Gasteiger partial charge is 0.302 e. The molecule has 0 aliphatic rings. The summed E-state index contributed by atoms with van der Waals surface area (Å²) in [5.41, 5.74) is 1.19. The third-order valence-electron chi connectivity index (χ3n) is 3.61. The van der Waals surface area contributed by atoms with E-state index in [9.17, 15) is 13.0 Å². The van der Waals surface area contributed by atoms with Gasteiger partial charge in [-0.25, -0.2) is 13.0 Å². The molecule has 2 N–H and O–H groups in total. The number of nitrogens with zero attached hydrogens (tertiary/aromatic N) is 2. The summed E-state index contributed by atoms with van der Waals surface area (Å²) in [6.07, 6.45) is 4.67. The summed E-state index contributed by atoms with van der Waals surface area (Å²) in [4.78, 5) is 3.93. The molecular weight excluding hydrogens is 346 g/mol. The van der Waals surface area contributed by atoms with E-state index in [2.05, 4.69) is 19.9 Å². The van der Waals surface area contributed by atoms with Crippen molar-refractivity contribution in [2.24, 2.45) is 0 Å². The Hall–Kier alpha value is -2.61. The minimum atomic E-state index is -1.48. The second-order valence-electron chi connectivity index (χ2n) is 5.63. The lowest BCUT2D eigenvalue weighted by Crippen LogP contribution is -2.15. The van der Waals surface area contributed by atoms with E-state index in [-0.39, 0.29) is 22.2 Å². The van der Waals surface area contributed by atoms with Crippen LogP contribution >= 0.6 is 0 Å². The van der Waals surface area contributed by atoms with Crippen LogP contribution < -0.4 is 4.72 Å². The van der Waals surface area contributed by atoms with Crippen molar-refractivity contribution >= 4 is 16.7 Å². The van der Waals surface area contributed by atoms with E-state index >= 15 is 0 Å². The molecule has 2 aromatic heterocycles. The molecule has 0 bridgehead atoms. The predicted octanol–water partition coefficient (Wildman–Crippen LogP) is 3.90. The summed E-state index contributed by atoms with van der Waals surface area (Å²) in [6.45, 7) is 3.48. The van der Waals surface area contributed by atoms with E-state index in [1.54, 1.807) is 38.4 Å². The van der Waals surface area contributed by atoms with Gasteiger partial charge in [-0.15, -0.1) is 0 Å². The Labute approximate surface area is 146 Å². The molecule has 3 rings (SSSR count). The van der Waals surface area contributed by atoms with E-state index in [4.69, 9.17) is 0 Å². The van der Waals surface area contributed by atoms with E-state index in [0.29, 0.717) is 5.56 Å². The Morgan fingerprint density at radius 1 is 1.16 bits per heavy atom. The molecule has 130 valence electrons. The molecule has 5 nitrogen and oxygen atoms in total. The number of aromatic nitrogens is 3. The van der Waals surface area contributed by atoms with Crippen LogP contribution in [0.15, 0.2) is 42.9 Å². The van der Waals surface area contributed by atoms with Crippen molar-refractivity contribution in [2.75, 3.05) is 4.72 Å². The topological polar surface area (TPSA) is 70.7 Å². The maximum Gasteiger partial charge on any atom is 0.159 e. The zero-order valence-corrected chi connectivity index (χ0v) is 14.4. The van der Waals surface area contributed by atoms with Gasteiger partial charge < -0.3 is 4.72 Å². The molecule has 8 heteroatoms. The van der Waals surface area contributed by atoms with Gasteiger partial charge in [-0.2, -0.15) is 5.10 Å². The van der Waals surface area contributed by atoms with Crippen LogP contribution in [0.2, 0.25) is 0 Å². The van der Waals surface area contributed by atoms with Gasteiger partial charge in [0.2, 0.25) is 0 Å². The maximum atomic E-state index is 14.9. The molecular formula is C17H16F2N4OS. The Kier molecular flexibility index (Phi) is 4.89. The predicted molar refractivity (Wildman–Crippen MR) is 94.1 cm³/mol. The first-order valence-electron chi connectivity index (χ1n) is 7.58. The van der Waals surface area contributed by atoms with Gasteiger partial charge in [0.05, 0.1) is 23.1 Å². The molecule has 2 heterocycles. The number of benzene rings is 1. The molecule has 0 spiro atoms. The maximum absolute atomic E-state index is 14.9. The number of anilines is 1. The molecule has 3 aromatic rings. The number of pyridine rings is 1. The Balaban J connectivity index is 2.10. The highest BCUT2D eigenvalue weighted by Crippen LogP contribution is 2.35. The van der Waals surface area contributed by atoms with Crippen molar-refractivity contribution in [1.82, 2.24) is 15.2 Å². The monoisotopic (exact) mass is 362 g/mol. The first-order chi connectivity index (χ1) is 12.0. The number of H-pyrrole nitrogens is 1. The summed E-state index contributed by atoms with van der Waals surface area (Å²) in [5.74, 6) is -1.56. The van der Waals surface area contributed by atoms with Gasteiger partial charge in [-0.1, -0.05) is 0 Å². The fourth-order valence-corrected chi connectivity index (χ4v) is 2.92. The smallest absolute Gasteiger partial charge is 0.159 e. The Bertz CT molecular complexity index is 912. The highest BCUT2D eigenvalue weighted by molar-refractivity contribution is 7.86. The third kappa shape index (κ3) is 3.43. The molecule has 0 radical (unpaired) electrons. The molecule has 1 atom stereocenters. The van der Waals surface area contributed by atoms with Crippen molar-refractivity contribution in [3.05, 3.63) is 54.5 Å². The number of halogens is 2. The normalized spacial score (nSPS) is 12.4. The minimum Gasteiger partial charge on any atom is -0.302 e. The lowest BCUT2D eigenvalue weighted by molar-refractivity contribution is 0.591. The van der Waals surface area contributed by atoms with Crippen LogP contribution in [0.5, 0.6) is 0 Å². The summed E-state index contributed by atoms with van der Waals surface area (Å²) in [6, 6.07) is 5.81. The van der Waals surface area contributed by atoms with Gasteiger partial charge >= 0.3 is 0 Å². The lowest BCUT2D eigenvalue weighted by Gasteiger charge is -2.13. The summed E-state index contributed by atoms with van der Waals surface area (Å²) in [7, 11) is -1.48. The Morgan fingerprint density at radius 3 is 2.56 bits per heavy atom. The van der Waals surface area contributed by atoms with Gasteiger partial charge in [0.15, 0.2) is 5.82 Å². The van der Waals surface area contributed by atoms with Gasteiger partial charge in [0.25, 0.3) is 0 Å². The average molecular weight is 362 g/mol. The van der Waals surface area contributed by atoms with Crippen molar-refractivity contribution < 1.29 is 13.0 Å². The van der Waals surface area contributed by atoms with Crippen LogP contribution in [-0.4, -0.2) is 24.6 Å². The van der Waals surface area contributed by atoms with Crippen molar-refractivity contribution in [1.29, 1.82) is 0 Å². The SMILES string of the molecule is CC(C)S(=O)Nc1ccc(F)c(-c2[nH]ncc2-c2ccncc2)c1F. The number of nitrogens with one attached hydrogen (secondary N) is 2. The minimum absolute atomic E-state index is 0.0290. The number of aromatic amines is 1. The van der Waals surface area contributed by atoms with Crippen LogP contribution in [0.3, 0.4) is 0 Å². The highest BCUT2D eigenvalue weighted by atomic mass is 32.2. The number of hydrogen-bond acceptors (Lipinski definition) is 3. The van der Waals surface area contributed by atoms with Gasteiger partial charge in [-0.3, -0.25) is 10.1 Å². The molecule has 0 saturated heterocycles. The van der Waals surface area contributed by atoms with Crippen LogP contribution in [0.1, 0.15) is 13.8 Å². The fraction of sp³-hybridized carbons (Fsp3) is 0.176.